The van der Waals surface area contributed by atoms with Crippen LogP contribution in [0, 0.1) is 0 Å². The highest BCUT2D eigenvalue weighted by Gasteiger charge is 2.15. The summed E-state index contributed by atoms with van der Waals surface area (Å²) < 4.78 is 10.4. The van der Waals surface area contributed by atoms with Crippen molar-refractivity contribution in [1.29, 1.82) is 0 Å². The van der Waals surface area contributed by atoms with E-state index in [1.807, 2.05) is 30.3 Å². The molecule has 0 aromatic heterocycles. The van der Waals surface area contributed by atoms with Crippen LogP contribution in [-0.2, 0) is 4.79 Å². The molecule has 0 aliphatic rings. The van der Waals surface area contributed by atoms with E-state index in [1.165, 1.54) is 19.1 Å². The van der Waals surface area contributed by atoms with Gasteiger partial charge in [0, 0.05) is 6.92 Å². The van der Waals surface area contributed by atoms with Gasteiger partial charge in [-0.2, -0.15) is 5.10 Å². The third-order valence-electron chi connectivity index (χ3n) is 3.63. The second-order valence-electron chi connectivity index (χ2n) is 5.78. The van der Waals surface area contributed by atoms with Crippen molar-refractivity contribution in [2.45, 2.75) is 6.92 Å². The average molecular weight is 374 g/mol. The first-order valence-electron chi connectivity index (χ1n) is 8.55. The lowest BCUT2D eigenvalue weighted by molar-refractivity contribution is -0.131. The van der Waals surface area contributed by atoms with E-state index in [0.717, 1.165) is 11.3 Å². The number of benzene rings is 3. The zero-order chi connectivity index (χ0) is 19.8. The summed E-state index contributed by atoms with van der Waals surface area (Å²) in [6, 6.07) is 22.9. The van der Waals surface area contributed by atoms with E-state index in [4.69, 9.17) is 9.47 Å². The molecule has 1 N–H and O–H groups in total. The van der Waals surface area contributed by atoms with Crippen molar-refractivity contribution in [2.24, 2.45) is 5.10 Å². The van der Waals surface area contributed by atoms with Gasteiger partial charge in [0.15, 0.2) is 0 Å². The van der Waals surface area contributed by atoms with Gasteiger partial charge < -0.3 is 9.47 Å². The smallest absolute Gasteiger partial charge is 0.347 e. The Morgan fingerprint density at radius 1 is 0.857 bits per heavy atom. The normalized spacial score (nSPS) is 10.5. The molecule has 0 aliphatic heterocycles. The van der Waals surface area contributed by atoms with E-state index >= 15 is 0 Å². The summed E-state index contributed by atoms with van der Waals surface area (Å²) in [5.41, 5.74) is 4.82. The van der Waals surface area contributed by atoms with Crippen LogP contribution < -0.4 is 14.9 Å². The number of nitrogens with one attached hydrogen (secondary N) is 1. The topological polar surface area (TPSA) is 77.0 Å². The standard InChI is InChI=1S/C22H18N2O4/c1-16(25)27-21-10-6-5-9-20(21)22(26)28-19-13-11-17(12-14-19)15-23-24-18-7-3-2-4-8-18/h2-15,24H,1H3/b23-15+. The molecule has 0 saturated heterocycles. The highest BCUT2D eigenvalue weighted by Crippen LogP contribution is 2.21. The van der Waals surface area contributed by atoms with Crippen LogP contribution in [0.3, 0.4) is 0 Å². The third-order valence-corrected chi connectivity index (χ3v) is 3.63. The summed E-state index contributed by atoms with van der Waals surface area (Å²) in [5.74, 6) is -0.580. The van der Waals surface area contributed by atoms with Gasteiger partial charge in [-0.1, -0.05) is 30.3 Å². The third kappa shape index (κ3) is 5.28. The van der Waals surface area contributed by atoms with Crippen molar-refractivity contribution in [2.75, 3.05) is 5.43 Å². The minimum absolute atomic E-state index is 0.163. The number of rotatable bonds is 6. The number of hydrogen-bond donors (Lipinski definition) is 1. The summed E-state index contributed by atoms with van der Waals surface area (Å²) in [6.45, 7) is 1.27. The molecule has 0 radical (unpaired) electrons. The van der Waals surface area contributed by atoms with E-state index in [1.54, 1.807) is 42.6 Å². The summed E-state index contributed by atoms with van der Waals surface area (Å²) in [4.78, 5) is 23.5. The number of hydrazone groups is 1. The van der Waals surface area contributed by atoms with Crippen LogP contribution in [0.5, 0.6) is 11.5 Å². The molecule has 6 heteroatoms. The van der Waals surface area contributed by atoms with Gasteiger partial charge in [-0.15, -0.1) is 0 Å². The number of carbonyl (C=O) groups is 2. The molecule has 0 aliphatic carbocycles. The Bertz CT molecular complexity index is 983. The molecule has 0 fully saturated rings. The maximum Gasteiger partial charge on any atom is 0.347 e. The second kappa shape index (κ2) is 9.14. The molecule has 0 unspecified atom stereocenters. The molecular formula is C22H18N2O4. The van der Waals surface area contributed by atoms with Crippen LogP contribution in [0.2, 0.25) is 0 Å². The van der Waals surface area contributed by atoms with Crippen LogP contribution in [0.1, 0.15) is 22.8 Å². The highest BCUT2D eigenvalue weighted by atomic mass is 16.5. The van der Waals surface area contributed by atoms with Gasteiger partial charge in [-0.05, 0) is 54.1 Å². The number of nitrogens with zero attached hydrogens (tertiary/aromatic N) is 1. The molecule has 0 bridgehead atoms. The molecule has 0 atom stereocenters. The summed E-state index contributed by atoms with van der Waals surface area (Å²) in [7, 11) is 0. The maximum absolute atomic E-state index is 12.4. The van der Waals surface area contributed by atoms with Gasteiger partial charge >= 0.3 is 11.9 Å². The Morgan fingerprint density at radius 3 is 2.25 bits per heavy atom. The molecule has 0 saturated carbocycles. The molecule has 0 amide bonds. The molecule has 3 aromatic carbocycles. The summed E-state index contributed by atoms with van der Waals surface area (Å²) in [5, 5.41) is 4.16. The number of para-hydroxylation sites is 2. The molecular weight excluding hydrogens is 356 g/mol. The predicted octanol–water partition coefficient (Wildman–Crippen LogP) is 4.28. The zero-order valence-corrected chi connectivity index (χ0v) is 15.2. The molecule has 3 rings (SSSR count). The van der Waals surface area contributed by atoms with Crippen molar-refractivity contribution >= 4 is 23.8 Å². The van der Waals surface area contributed by atoms with Gasteiger partial charge in [0.2, 0.25) is 0 Å². The van der Waals surface area contributed by atoms with Crippen molar-refractivity contribution in [3.63, 3.8) is 0 Å². The van der Waals surface area contributed by atoms with Gasteiger partial charge in [0.05, 0.1) is 11.9 Å². The van der Waals surface area contributed by atoms with Crippen LogP contribution >= 0.6 is 0 Å². The van der Waals surface area contributed by atoms with E-state index in [-0.39, 0.29) is 11.3 Å². The van der Waals surface area contributed by atoms with Gasteiger partial charge in [-0.25, -0.2) is 4.79 Å². The van der Waals surface area contributed by atoms with E-state index < -0.39 is 11.9 Å². The maximum atomic E-state index is 12.4. The van der Waals surface area contributed by atoms with Crippen molar-refractivity contribution in [3.8, 4) is 11.5 Å². The number of anilines is 1. The molecule has 0 heterocycles. The summed E-state index contributed by atoms with van der Waals surface area (Å²) in [6.07, 6.45) is 1.66. The van der Waals surface area contributed by atoms with E-state index in [0.29, 0.717) is 5.75 Å². The largest absolute Gasteiger partial charge is 0.426 e. The monoisotopic (exact) mass is 374 g/mol. The van der Waals surface area contributed by atoms with Gasteiger partial charge in [0.25, 0.3) is 0 Å². The fourth-order valence-corrected chi connectivity index (χ4v) is 2.36. The first-order chi connectivity index (χ1) is 13.6. The Morgan fingerprint density at radius 2 is 1.54 bits per heavy atom. The SMILES string of the molecule is CC(=O)Oc1ccccc1C(=O)Oc1ccc(/C=N/Nc2ccccc2)cc1. The predicted molar refractivity (Wildman–Crippen MR) is 107 cm³/mol. The average Bonchev–Trinajstić information content (AvgIpc) is 2.70. The van der Waals surface area contributed by atoms with Crippen LogP contribution in [0.15, 0.2) is 84.0 Å². The Balaban J connectivity index is 1.63. The first kappa shape index (κ1) is 18.8. The lowest BCUT2D eigenvalue weighted by atomic mass is 10.2. The molecule has 6 nitrogen and oxygen atoms in total. The molecule has 3 aromatic rings. The van der Waals surface area contributed by atoms with Crippen LogP contribution in [0.4, 0.5) is 5.69 Å². The quantitative estimate of drug-likeness (QED) is 0.302. The fraction of sp³-hybridized carbons (Fsp3) is 0.0455. The molecule has 0 spiro atoms. The fourth-order valence-electron chi connectivity index (χ4n) is 2.36. The Kier molecular flexibility index (Phi) is 6.15. The van der Waals surface area contributed by atoms with Gasteiger partial charge in [0.1, 0.15) is 17.1 Å². The zero-order valence-electron chi connectivity index (χ0n) is 15.2. The van der Waals surface area contributed by atoms with Crippen LogP contribution in [-0.4, -0.2) is 18.2 Å². The van der Waals surface area contributed by atoms with E-state index in [9.17, 15) is 9.59 Å². The number of carbonyl (C=O) groups excluding carboxylic acids is 2. The first-order valence-corrected chi connectivity index (χ1v) is 8.55. The van der Waals surface area contributed by atoms with Gasteiger partial charge in [-0.3, -0.25) is 10.2 Å². The lowest BCUT2D eigenvalue weighted by Gasteiger charge is -2.08. The minimum atomic E-state index is -0.607. The van der Waals surface area contributed by atoms with Crippen molar-refractivity contribution in [1.82, 2.24) is 0 Å². The Hall–Kier alpha value is -3.93. The van der Waals surface area contributed by atoms with Crippen molar-refractivity contribution in [3.05, 3.63) is 90.0 Å². The number of ether oxygens (including phenoxy) is 2. The van der Waals surface area contributed by atoms with Crippen LogP contribution in [0.25, 0.3) is 0 Å². The minimum Gasteiger partial charge on any atom is -0.426 e. The molecule has 28 heavy (non-hydrogen) atoms. The number of esters is 2. The second-order valence-corrected chi connectivity index (χ2v) is 5.78. The highest BCUT2D eigenvalue weighted by molar-refractivity contribution is 5.94. The molecule has 140 valence electrons. The lowest BCUT2D eigenvalue weighted by Crippen LogP contribution is -2.12. The van der Waals surface area contributed by atoms with Crippen molar-refractivity contribution < 1.29 is 19.1 Å². The number of hydrogen-bond acceptors (Lipinski definition) is 6. The van der Waals surface area contributed by atoms with E-state index in [2.05, 4.69) is 10.5 Å². The summed E-state index contributed by atoms with van der Waals surface area (Å²) >= 11 is 0. The Labute approximate surface area is 162 Å².